The molecule has 0 atom stereocenters. The average Bonchev–Trinajstić information content (AvgIpc) is 3.03. The van der Waals surface area contributed by atoms with Crippen molar-refractivity contribution in [3.8, 4) is 11.6 Å². The van der Waals surface area contributed by atoms with Crippen LogP contribution in [0.25, 0.3) is 11.6 Å². The first-order chi connectivity index (χ1) is 12.1. The lowest BCUT2D eigenvalue weighted by Crippen LogP contribution is -2.31. The summed E-state index contributed by atoms with van der Waals surface area (Å²) < 4.78 is 1.91. The summed E-state index contributed by atoms with van der Waals surface area (Å²) in [5.74, 6) is 1.24. The van der Waals surface area contributed by atoms with Gasteiger partial charge in [0.1, 0.15) is 0 Å². The van der Waals surface area contributed by atoms with E-state index in [0.717, 1.165) is 16.8 Å². The first kappa shape index (κ1) is 16.6. The Hall–Kier alpha value is -3.22. The number of nitrogens with one attached hydrogen (secondary N) is 2. The van der Waals surface area contributed by atoms with E-state index in [2.05, 4.69) is 31.7 Å². The molecule has 2 amide bonds. The lowest BCUT2D eigenvalue weighted by atomic mass is 10.1. The monoisotopic (exact) mass is 336 g/mol. The van der Waals surface area contributed by atoms with Crippen molar-refractivity contribution >= 4 is 11.7 Å². The second-order valence-corrected chi connectivity index (χ2v) is 5.77. The van der Waals surface area contributed by atoms with Crippen molar-refractivity contribution in [2.75, 3.05) is 11.9 Å². The fraction of sp³-hybridized carbons (Fsp3) is 0.222. The highest BCUT2D eigenvalue weighted by Gasteiger charge is 2.08. The molecule has 0 saturated carbocycles. The fourth-order valence-corrected chi connectivity index (χ4v) is 2.62. The largest absolute Gasteiger partial charge is 0.336 e. The second-order valence-electron chi connectivity index (χ2n) is 5.77. The van der Waals surface area contributed by atoms with Gasteiger partial charge in [-0.25, -0.2) is 19.7 Å². The minimum absolute atomic E-state index is 0.234. The number of hydrogen-bond donors (Lipinski definition) is 2. The van der Waals surface area contributed by atoms with Gasteiger partial charge in [0.2, 0.25) is 0 Å². The number of imidazole rings is 1. The normalized spacial score (nSPS) is 10.5. The molecule has 128 valence electrons. The quantitative estimate of drug-likeness (QED) is 0.750. The number of nitrogens with zero attached hydrogens (tertiary/aromatic N) is 4. The molecule has 0 aliphatic carbocycles. The summed E-state index contributed by atoms with van der Waals surface area (Å²) in [4.78, 5) is 24.7. The zero-order chi connectivity index (χ0) is 17.6. The van der Waals surface area contributed by atoms with Crippen molar-refractivity contribution in [2.45, 2.75) is 20.4 Å². The number of carbonyl (C=O) groups excluding carboxylic acids is 1. The number of anilines is 1. The van der Waals surface area contributed by atoms with Crippen LogP contribution in [0.5, 0.6) is 0 Å². The van der Waals surface area contributed by atoms with Crippen LogP contribution in [0.15, 0.2) is 49.1 Å². The van der Waals surface area contributed by atoms with Gasteiger partial charge in [0.25, 0.3) is 0 Å². The Balaban J connectivity index is 1.55. The van der Waals surface area contributed by atoms with Crippen molar-refractivity contribution in [1.82, 2.24) is 24.8 Å². The van der Waals surface area contributed by atoms with Gasteiger partial charge >= 0.3 is 6.03 Å². The molecule has 0 bridgehead atoms. The Morgan fingerprint density at radius 3 is 2.48 bits per heavy atom. The van der Waals surface area contributed by atoms with Gasteiger partial charge in [-0.15, -0.1) is 0 Å². The van der Waals surface area contributed by atoms with Crippen LogP contribution in [0.3, 0.4) is 0 Å². The van der Waals surface area contributed by atoms with E-state index < -0.39 is 0 Å². The number of benzene rings is 1. The Bertz CT molecular complexity index is 839. The average molecular weight is 336 g/mol. The van der Waals surface area contributed by atoms with E-state index in [0.29, 0.717) is 24.7 Å². The van der Waals surface area contributed by atoms with Crippen molar-refractivity contribution in [3.05, 3.63) is 60.2 Å². The molecule has 25 heavy (non-hydrogen) atoms. The maximum atomic E-state index is 12.0. The molecule has 2 heterocycles. The molecule has 0 radical (unpaired) electrons. The third-order valence-corrected chi connectivity index (χ3v) is 3.60. The summed E-state index contributed by atoms with van der Waals surface area (Å²) >= 11 is 0. The molecule has 0 aliphatic heterocycles. The first-order valence-electron chi connectivity index (χ1n) is 8.03. The predicted molar refractivity (Wildman–Crippen MR) is 96.2 cm³/mol. The Labute approximate surface area is 146 Å². The van der Waals surface area contributed by atoms with Crippen LogP contribution in [0.4, 0.5) is 10.5 Å². The molecule has 2 aromatic heterocycles. The van der Waals surface area contributed by atoms with Crippen LogP contribution in [-0.4, -0.2) is 32.1 Å². The molecule has 0 fully saturated rings. The molecule has 1 aromatic carbocycles. The van der Waals surface area contributed by atoms with Crippen molar-refractivity contribution in [1.29, 1.82) is 0 Å². The van der Waals surface area contributed by atoms with Gasteiger partial charge in [-0.2, -0.15) is 0 Å². The lowest BCUT2D eigenvalue weighted by molar-refractivity contribution is 0.251. The number of rotatable bonds is 5. The van der Waals surface area contributed by atoms with E-state index in [1.165, 1.54) is 0 Å². The molecular formula is C18H20N6O. The smallest absolute Gasteiger partial charge is 0.319 e. The van der Waals surface area contributed by atoms with Gasteiger partial charge in [0, 0.05) is 43.6 Å². The van der Waals surface area contributed by atoms with Crippen LogP contribution in [0.1, 0.15) is 11.1 Å². The summed E-state index contributed by atoms with van der Waals surface area (Å²) in [6.07, 6.45) is 6.89. The molecule has 0 spiro atoms. The molecule has 7 heteroatoms. The SMILES string of the molecule is Cc1cc(C)cc(NC(=O)NCCn2ccnc2-c2ncccn2)c1. The standard InChI is InChI=1S/C18H20N6O/c1-13-10-14(2)12-15(11-13)23-18(25)22-7-9-24-8-6-21-17(24)16-19-4-3-5-20-16/h3-6,8,10-12H,7,9H2,1-2H3,(H2,22,23,25). The van der Waals surface area contributed by atoms with Gasteiger partial charge in [-0.1, -0.05) is 6.07 Å². The summed E-state index contributed by atoms with van der Waals surface area (Å²) in [6, 6.07) is 7.47. The number of urea groups is 1. The number of carbonyl (C=O) groups is 1. The number of hydrogen-bond acceptors (Lipinski definition) is 4. The number of amides is 2. The van der Waals surface area contributed by atoms with E-state index >= 15 is 0 Å². The molecule has 3 rings (SSSR count). The summed E-state index contributed by atoms with van der Waals surface area (Å²) in [7, 11) is 0. The van der Waals surface area contributed by atoms with Crippen LogP contribution < -0.4 is 10.6 Å². The van der Waals surface area contributed by atoms with Crippen LogP contribution in [0, 0.1) is 13.8 Å². The van der Waals surface area contributed by atoms with E-state index in [1.54, 1.807) is 24.7 Å². The number of aryl methyl sites for hydroxylation is 2. The molecule has 0 aliphatic rings. The first-order valence-corrected chi connectivity index (χ1v) is 8.03. The van der Waals surface area contributed by atoms with Gasteiger partial charge in [-0.05, 0) is 43.2 Å². The minimum atomic E-state index is -0.234. The maximum Gasteiger partial charge on any atom is 0.319 e. The highest BCUT2D eigenvalue weighted by Crippen LogP contribution is 2.13. The van der Waals surface area contributed by atoms with E-state index in [9.17, 15) is 4.79 Å². The molecule has 0 saturated heterocycles. The third-order valence-electron chi connectivity index (χ3n) is 3.60. The zero-order valence-electron chi connectivity index (χ0n) is 14.2. The summed E-state index contributed by atoms with van der Waals surface area (Å²) in [5, 5.41) is 5.70. The Morgan fingerprint density at radius 1 is 1.04 bits per heavy atom. The predicted octanol–water partition coefficient (Wildman–Crippen LogP) is 2.78. The summed E-state index contributed by atoms with van der Waals surface area (Å²) in [5.41, 5.74) is 3.01. The maximum absolute atomic E-state index is 12.0. The highest BCUT2D eigenvalue weighted by atomic mass is 16.2. The van der Waals surface area contributed by atoms with Crippen molar-refractivity contribution in [3.63, 3.8) is 0 Å². The highest BCUT2D eigenvalue weighted by molar-refractivity contribution is 5.89. The molecule has 3 aromatic rings. The zero-order valence-corrected chi connectivity index (χ0v) is 14.2. The third kappa shape index (κ3) is 4.41. The van der Waals surface area contributed by atoms with Crippen molar-refractivity contribution < 1.29 is 4.79 Å². The molecular weight excluding hydrogens is 316 g/mol. The topological polar surface area (TPSA) is 84.7 Å². The van der Waals surface area contributed by atoms with Gasteiger partial charge in [0.05, 0.1) is 0 Å². The number of aromatic nitrogens is 4. The Morgan fingerprint density at radius 2 is 1.76 bits per heavy atom. The minimum Gasteiger partial charge on any atom is -0.336 e. The molecule has 2 N–H and O–H groups in total. The van der Waals surface area contributed by atoms with Gasteiger partial charge < -0.3 is 15.2 Å². The summed E-state index contributed by atoms with van der Waals surface area (Å²) in [6.45, 7) is 5.05. The van der Waals surface area contributed by atoms with Crippen molar-refractivity contribution in [2.24, 2.45) is 0 Å². The van der Waals surface area contributed by atoms with E-state index in [1.807, 2.05) is 36.7 Å². The molecule has 7 nitrogen and oxygen atoms in total. The van der Waals surface area contributed by atoms with E-state index in [4.69, 9.17) is 0 Å². The van der Waals surface area contributed by atoms with Crippen LogP contribution >= 0.6 is 0 Å². The van der Waals surface area contributed by atoms with Gasteiger partial charge in [-0.3, -0.25) is 0 Å². The Kier molecular flexibility index (Phi) is 5.03. The van der Waals surface area contributed by atoms with E-state index in [-0.39, 0.29) is 6.03 Å². The van der Waals surface area contributed by atoms with Crippen LogP contribution in [0.2, 0.25) is 0 Å². The van der Waals surface area contributed by atoms with Gasteiger partial charge in [0.15, 0.2) is 11.6 Å². The fourth-order valence-electron chi connectivity index (χ4n) is 2.62. The van der Waals surface area contributed by atoms with Crippen LogP contribution in [-0.2, 0) is 6.54 Å². The second kappa shape index (κ2) is 7.57. The lowest BCUT2D eigenvalue weighted by Gasteiger charge is -2.10. The molecule has 0 unspecified atom stereocenters.